The summed E-state index contributed by atoms with van der Waals surface area (Å²) in [6.07, 6.45) is 0. The molecule has 2 amide bonds. The molecule has 0 fully saturated rings. The van der Waals surface area contributed by atoms with Gasteiger partial charge in [0.25, 0.3) is 11.8 Å². The molecule has 0 heterocycles. The number of nitrogens with one attached hydrogen (secondary N) is 2. The Hall–Kier alpha value is -2.91. The Morgan fingerprint density at radius 1 is 0.963 bits per heavy atom. The number of carbonyl (C=O) groups is 2. The van der Waals surface area contributed by atoms with Crippen LogP contribution in [0.3, 0.4) is 0 Å². The zero-order chi connectivity index (χ0) is 20.0. The molecule has 0 aliphatic heterocycles. The number of nitrogens with zero attached hydrogens (tertiary/aromatic N) is 1. The molecule has 0 spiro atoms. The predicted octanol–water partition coefficient (Wildman–Crippen LogP) is 1.50. The highest BCUT2D eigenvalue weighted by molar-refractivity contribution is 7.89. The lowest BCUT2D eigenvalue weighted by Crippen LogP contribution is -2.41. The number of phenolic OH excluding ortho intramolecular Hbond substituents is 1. The number of hydrogen-bond acceptors (Lipinski definition) is 5. The molecule has 2 aromatic carbocycles. The summed E-state index contributed by atoms with van der Waals surface area (Å²) in [6.45, 7) is 4.08. The van der Waals surface area contributed by atoms with Gasteiger partial charge in [-0.2, -0.15) is 4.31 Å². The lowest BCUT2D eigenvalue weighted by molar-refractivity contribution is 0.0845. The normalized spacial score (nSPS) is 11.2. The van der Waals surface area contributed by atoms with Crippen LogP contribution in [-0.2, 0) is 10.0 Å². The summed E-state index contributed by atoms with van der Waals surface area (Å²) in [7, 11) is -3.70. The van der Waals surface area contributed by atoms with E-state index in [4.69, 9.17) is 0 Å². The summed E-state index contributed by atoms with van der Waals surface area (Å²) in [5.41, 5.74) is 4.45. The van der Waals surface area contributed by atoms with Gasteiger partial charge in [0.05, 0.1) is 10.5 Å². The van der Waals surface area contributed by atoms with E-state index in [1.165, 1.54) is 40.7 Å². The number of phenols is 1. The van der Waals surface area contributed by atoms with Gasteiger partial charge in [0.15, 0.2) is 0 Å². The number of rotatable bonds is 6. The Bertz CT molecular complexity index is 940. The summed E-state index contributed by atoms with van der Waals surface area (Å²) in [6, 6.07) is 11.4. The molecule has 144 valence electrons. The van der Waals surface area contributed by atoms with Gasteiger partial charge in [0.2, 0.25) is 10.0 Å². The minimum atomic E-state index is -3.70. The van der Waals surface area contributed by atoms with Crippen LogP contribution in [0.2, 0.25) is 0 Å². The van der Waals surface area contributed by atoms with Crippen LogP contribution in [0.1, 0.15) is 34.6 Å². The third-order valence-electron chi connectivity index (χ3n) is 3.88. The lowest BCUT2D eigenvalue weighted by atomic mass is 10.2. The van der Waals surface area contributed by atoms with Gasteiger partial charge in [-0.05, 0) is 30.3 Å². The summed E-state index contributed by atoms with van der Waals surface area (Å²) in [4.78, 5) is 24.3. The number of benzene rings is 2. The van der Waals surface area contributed by atoms with Crippen molar-refractivity contribution < 1.29 is 23.1 Å². The van der Waals surface area contributed by atoms with Crippen LogP contribution in [-0.4, -0.2) is 42.7 Å². The molecular weight excluding hydrogens is 370 g/mol. The Morgan fingerprint density at radius 3 is 2.22 bits per heavy atom. The van der Waals surface area contributed by atoms with Gasteiger partial charge < -0.3 is 5.11 Å². The molecule has 2 rings (SSSR count). The summed E-state index contributed by atoms with van der Waals surface area (Å²) in [5, 5.41) is 9.64. The predicted molar refractivity (Wildman–Crippen MR) is 99.6 cm³/mol. The van der Waals surface area contributed by atoms with Crippen LogP contribution >= 0.6 is 0 Å². The molecule has 0 unspecified atom stereocenters. The van der Waals surface area contributed by atoms with Crippen molar-refractivity contribution in [2.24, 2.45) is 0 Å². The number of amides is 2. The van der Waals surface area contributed by atoms with E-state index in [0.29, 0.717) is 13.1 Å². The standard InChI is InChI=1S/C18H21N3O5S/c1-3-21(4-2)27(25,26)14-9-7-8-13(12-14)17(23)19-20-18(24)15-10-5-6-11-16(15)22/h5-12,22H,3-4H2,1-2H3,(H,19,23)(H,20,24). The smallest absolute Gasteiger partial charge is 0.273 e. The topological polar surface area (TPSA) is 116 Å². The van der Waals surface area contributed by atoms with Gasteiger partial charge in [0.1, 0.15) is 5.75 Å². The highest BCUT2D eigenvalue weighted by Gasteiger charge is 2.22. The number of aromatic hydroxyl groups is 1. The molecule has 0 aliphatic carbocycles. The number of hydrazine groups is 1. The van der Waals surface area contributed by atoms with Gasteiger partial charge in [-0.3, -0.25) is 20.4 Å². The second kappa shape index (κ2) is 8.65. The van der Waals surface area contributed by atoms with Gasteiger partial charge in [-0.15, -0.1) is 0 Å². The maximum Gasteiger partial charge on any atom is 0.273 e. The Morgan fingerprint density at radius 2 is 1.59 bits per heavy atom. The second-order valence-corrected chi connectivity index (χ2v) is 7.48. The first-order valence-corrected chi connectivity index (χ1v) is 9.74. The maximum atomic E-state index is 12.6. The van der Waals surface area contributed by atoms with Crippen molar-refractivity contribution in [1.29, 1.82) is 0 Å². The highest BCUT2D eigenvalue weighted by atomic mass is 32.2. The first-order valence-electron chi connectivity index (χ1n) is 8.30. The molecule has 0 atom stereocenters. The summed E-state index contributed by atoms with van der Waals surface area (Å²) in [5.74, 6) is -1.61. The molecule has 0 aromatic heterocycles. The van der Waals surface area contributed by atoms with E-state index in [1.807, 2.05) is 0 Å². The van der Waals surface area contributed by atoms with E-state index in [-0.39, 0.29) is 21.8 Å². The zero-order valence-corrected chi connectivity index (χ0v) is 15.8. The third-order valence-corrected chi connectivity index (χ3v) is 5.92. The van der Waals surface area contributed by atoms with Crippen molar-refractivity contribution in [3.05, 3.63) is 59.7 Å². The Kier molecular flexibility index (Phi) is 6.54. The van der Waals surface area contributed by atoms with E-state index < -0.39 is 21.8 Å². The minimum Gasteiger partial charge on any atom is -0.507 e. The minimum absolute atomic E-state index is 0.00402. The average molecular weight is 391 g/mol. The highest BCUT2D eigenvalue weighted by Crippen LogP contribution is 2.17. The van der Waals surface area contributed by atoms with Crippen LogP contribution in [0.25, 0.3) is 0 Å². The number of sulfonamides is 1. The fourth-order valence-corrected chi connectivity index (χ4v) is 3.93. The van der Waals surface area contributed by atoms with Crippen LogP contribution < -0.4 is 10.9 Å². The van der Waals surface area contributed by atoms with E-state index in [2.05, 4.69) is 10.9 Å². The quantitative estimate of drug-likeness (QED) is 0.646. The Balaban J connectivity index is 2.14. The van der Waals surface area contributed by atoms with E-state index in [9.17, 15) is 23.1 Å². The van der Waals surface area contributed by atoms with Crippen molar-refractivity contribution >= 4 is 21.8 Å². The molecule has 0 bridgehead atoms. The molecule has 27 heavy (non-hydrogen) atoms. The maximum absolute atomic E-state index is 12.6. The van der Waals surface area contributed by atoms with Gasteiger partial charge in [-0.25, -0.2) is 8.42 Å². The molecular formula is C18H21N3O5S. The Labute approximate surface area is 157 Å². The molecule has 0 aliphatic rings. The van der Waals surface area contributed by atoms with Crippen molar-refractivity contribution in [3.8, 4) is 5.75 Å². The van der Waals surface area contributed by atoms with E-state index in [1.54, 1.807) is 26.0 Å². The van der Waals surface area contributed by atoms with Gasteiger partial charge >= 0.3 is 0 Å². The zero-order valence-electron chi connectivity index (χ0n) is 15.0. The monoisotopic (exact) mass is 391 g/mol. The van der Waals surface area contributed by atoms with Gasteiger partial charge in [0, 0.05) is 18.7 Å². The molecule has 0 radical (unpaired) electrons. The molecule has 3 N–H and O–H groups in total. The van der Waals surface area contributed by atoms with Crippen LogP contribution in [0.5, 0.6) is 5.75 Å². The number of hydrogen-bond donors (Lipinski definition) is 3. The van der Waals surface area contributed by atoms with Crippen molar-refractivity contribution in [1.82, 2.24) is 15.2 Å². The first kappa shape index (κ1) is 20.4. The van der Waals surface area contributed by atoms with E-state index in [0.717, 1.165) is 0 Å². The van der Waals surface area contributed by atoms with E-state index >= 15 is 0 Å². The largest absolute Gasteiger partial charge is 0.507 e. The lowest BCUT2D eigenvalue weighted by Gasteiger charge is -2.18. The van der Waals surface area contributed by atoms with Crippen LogP contribution in [0.15, 0.2) is 53.4 Å². The van der Waals surface area contributed by atoms with Crippen molar-refractivity contribution in [2.45, 2.75) is 18.7 Å². The molecule has 0 saturated carbocycles. The third kappa shape index (κ3) is 4.63. The summed E-state index contributed by atoms with van der Waals surface area (Å²) < 4.78 is 26.4. The van der Waals surface area contributed by atoms with Crippen LogP contribution in [0, 0.1) is 0 Å². The second-order valence-electron chi connectivity index (χ2n) is 5.54. The van der Waals surface area contributed by atoms with Crippen molar-refractivity contribution in [3.63, 3.8) is 0 Å². The SMILES string of the molecule is CCN(CC)S(=O)(=O)c1cccc(C(=O)NNC(=O)c2ccccc2O)c1. The number of carbonyl (C=O) groups excluding carboxylic acids is 2. The molecule has 9 heteroatoms. The first-order chi connectivity index (χ1) is 12.8. The fourth-order valence-electron chi connectivity index (χ4n) is 2.43. The molecule has 0 saturated heterocycles. The fraction of sp³-hybridized carbons (Fsp3) is 0.222. The van der Waals surface area contributed by atoms with Crippen molar-refractivity contribution in [2.75, 3.05) is 13.1 Å². The number of para-hydroxylation sites is 1. The molecule has 2 aromatic rings. The van der Waals surface area contributed by atoms with Crippen LogP contribution in [0.4, 0.5) is 0 Å². The molecule has 8 nitrogen and oxygen atoms in total. The summed E-state index contributed by atoms with van der Waals surface area (Å²) >= 11 is 0. The average Bonchev–Trinajstić information content (AvgIpc) is 2.67. The van der Waals surface area contributed by atoms with Gasteiger partial charge in [-0.1, -0.05) is 32.0 Å².